The van der Waals surface area contributed by atoms with Crippen molar-refractivity contribution in [2.24, 2.45) is 0 Å². The molecule has 1 aliphatic heterocycles. The maximum Gasteiger partial charge on any atom is 0.344 e. The number of carboxylic acids is 1. The van der Waals surface area contributed by atoms with Gasteiger partial charge < -0.3 is 19.9 Å². The number of nitrogens with one attached hydrogen (secondary N) is 1. The van der Waals surface area contributed by atoms with Crippen LogP contribution in [0.5, 0.6) is 11.5 Å². The third-order valence-corrected chi connectivity index (χ3v) is 5.39. The zero-order valence-corrected chi connectivity index (χ0v) is 18.3. The van der Waals surface area contributed by atoms with Crippen LogP contribution >= 0.6 is 11.8 Å². The summed E-state index contributed by atoms with van der Waals surface area (Å²) in [6, 6.07) is 10.2. The minimum atomic E-state index is -1.20. The molecule has 0 radical (unpaired) electrons. The molecule has 0 aliphatic carbocycles. The molecule has 3 amide bonds. The van der Waals surface area contributed by atoms with Crippen molar-refractivity contribution in [1.82, 2.24) is 4.90 Å². The molecule has 1 aliphatic rings. The first-order chi connectivity index (χ1) is 15.7. The molecule has 2 aromatic carbocycles. The Balaban J connectivity index is 1.81. The van der Waals surface area contributed by atoms with Crippen LogP contribution in [0.2, 0.25) is 0 Å². The number of imide groups is 1. The number of carbonyl (C=O) groups excluding carboxylic acids is 3. The molecule has 2 N–H and O–H groups in total. The Bertz CT molecular complexity index is 1150. The van der Waals surface area contributed by atoms with Crippen LogP contribution in [-0.4, -0.2) is 52.8 Å². The number of rotatable bonds is 8. The van der Waals surface area contributed by atoms with Crippen molar-refractivity contribution >= 4 is 46.5 Å². The van der Waals surface area contributed by atoms with E-state index in [0.29, 0.717) is 17.3 Å². The SMILES string of the molecule is COc1cccc(/C=C2\SC(=O)N(CC(=O)Nc3ccccc3F)C2=O)c1O[C@@H](C)C(=O)O. The quantitative estimate of drug-likeness (QED) is 0.559. The molecule has 3 rings (SSSR count). The number of aliphatic carboxylic acids is 1. The van der Waals surface area contributed by atoms with E-state index in [1.165, 1.54) is 38.3 Å². The number of anilines is 1. The highest BCUT2D eigenvalue weighted by atomic mass is 32.2. The Morgan fingerprint density at radius 3 is 2.61 bits per heavy atom. The summed E-state index contributed by atoms with van der Waals surface area (Å²) in [4.78, 5) is 49.3. The highest BCUT2D eigenvalue weighted by Gasteiger charge is 2.36. The Morgan fingerprint density at radius 1 is 1.21 bits per heavy atom. The van der Waals surface area contributed by atoms with Crippen molar-refractivity contribution in [2.45, 2.75) is 13.0 Å². The minimum absolute atomic E-state index is 0.000210. The van der Waals surface area contributed by atoms with Crippen molar-refractivity contribution in [3.05, 3.63) is 58.8 Å². The van der Waals surface area contributed by atoms with Crippen LogP contribution in [0.1, 0.15) is 12.5 Å². The van der Waals surface area contributed by atoms with E-state index < -0.39 is 41.5 Å². The summed E-state index contributed by atoms with van der Waals surface area (Å²) >= 11 is 0.607. The number of thioether (sulfide) groups is 1. The monoisotopic (exact) mass is 474 g/mol. The number of methoxy groups -OCH3 is 1. The van der Waals surface area contributed by atoms with Gasteiger partial charge in [0.05, 0.1) is 17.7 Å². The molecule has 1 saturated heterocycles. The molecule has 1 atom stereocenters. The van der Waals surface area contributed by atoms with Crippen LogP contribution in [0.3, 0.4) is 0 Å². The van der Waals surface area contributed by atoms with Crippen molar-refractivity contribution in [3.8, 4) is 11.5 Å². The fourth-order valence-corrected chi connectivity index (χ4v) is 3.66. The summed E-state index contributed by atoms with van der Waals surface area (Å²) < 4.78 is 24.4. The van der Waals surface area contributed by atoms with Gasteiger partial charge in [0, 0.05) is 5.56 Å². The predicted molar refractivity (Wildman–Crippen MR) is 118 cm³/mol. The molecule has 0 saturated carbocycles. The molecule has 33 heavy (non-hydrogen) atoms. The zero-order valence-electron chi connectivity index (χ0n) is 17.5. The molecule has 1 fully saturated rings. The topological polar surface area (TPSA) is 122 Å². The first-order valence-corrected chi connectivity index (χ1v) is 10.4. The van der Waals surface area contributed by atoms with E-state index in [9.17, 15) is 23.6 Å². The number of carbonyl (C=O) groups is 4. The van der Waals surface area contributed by atoms with Gasteiger partial charge in [0.15, 0.2) is 17.6 Å². The van der Waals surface area contributed by atoms with Crippen LogP contribution in [0.15, 0.2) is 47.4 Å². The highest BCUT2D eigenvalue weighted by molar-refractivity contribution is 8.18. The van der Waals surface area contributed by atoms with Crippen molar-refractivity contribution < 1.29 is 38.1 Å². The molecule has 2 aromatic rings. The number of nitrogens with zero attached hydrogens (tertiary/aromatic N) is 1. The fraction of sp³-hybridized carbons (Fsp3) is 0.182. The van der Waals surface area contributed by atoms with Gasteiger partial charge in [-0.2, -0.15) is 0 Å². The first kappa shape index (κ1) is 23.8. The van der Waals surface area contributed by atoms with E-state index in [1.807, 2.05) is 0 Å². The highest BCUT2D eigenvalue weighted by Crippen LogP contribution is 2.37. The maximum absolute atomic E-state index is 13.7. The molecule has 0 bridgehead atoms. The van der Waals surface area contributed by atoms with Gasteiger partial charge in [0.25, 0.3) is 11.1 Å². The van der Waals surface area contributed by atoms with Crippen LogP contribution in [0.4, 0.5) is 14.9 Å². The molecule has 1 heterocycles. The van der Waals surface area contributed by atoms with Crippen LogP contribution in [-0.2, 0) is 14.4 Å². The first-order valence-electron chi connectivity index (χ1n) is 9.57. The Morgan fingerprint density at radius 2 is 1.94 bits per heavy atom. The molecule has 11 heteroatoms. The summed E-state index contributed by atoms with van der Waals surface area (Å²) in [7, 11) is 1.37. The lowest BCUT2D eigenvalue weighted by Gasteiger charge is -2.16. The smallest absolute Gasteiger partial charge is 0.344 e. The van der Waals surface area contributed by atoms with Crippen LogP contribution < -0.4 is 14.8 Å². The van der Waals surface area contributed by atoms with Crippen molar-refractivity contribution in [1.29, 1.82) is 0 Å². The number of para-hydroxylation sites is 2. The van der Waals surface area contributed by atoms with Gasteiger partial charge in [-0.3, -0.25) is 19.3 Å². The van der Waals surface area contributed by atoms with Gasteiger partial charge in [-0.15, -0.1) is 0 Å². The molecule has 0 unspecified atom stereocenters. The van der Waals surface area contributed by atoms with Gasteiger partial charge in [-0.1, -0.05) is 24.3 Å². The summed E-state index contributed by atoms with van der Waals surface area (Å²) in [6.07, 6.45) is 0.150. The average molecular weight is 474 g/mol. The van der Waals surface area contributed by atoms with E-state index in [0.717, 1.165) is 11.0 Å². The molecule has 172 valence electrons. The van der Waals surface area contributed by atoms with E-state index in [4.69, 9.17) is 14.6 Å². The number of ether oxygens (including phenoxy) is 2. The van der Waals surface area contributed by atoms with E-state index in [1.54, 1.807) is 18.2 Å². The third-order valence-electron chi connectivity index (χ3n) is 4.48. The Kier molecular flexibility index (Phi) is 7.34. The van der Waals surface area contributed by atoms with Gasteiger partial charge in [0.2, 0.25) is 5.91 Å². The summed E-state index contributed by atoms with van der Waals surface area (Å²) in [6.45, 7) is 0.731. The Hall–Kier alpha value is -3.86. The summed E-state index contributed by atoms with van der Waals surface area (Å²) in [5.74, 6) is -3.01. The number of carboxylic acid groups (broad SMARTS) is 1. The lowest BCUT2D eigenvalue weighted by Crippen LogP contribution is -2.36. The van der Waals surface area contributed by atoms with Crippen LogP contribution in [0, 0.1) is 5.82 Å². The molecule has 9 nitrogen and oxygen atoms in total. The third kappa shape index (κ3) is 5.50. The summed E-state index contributed by atoms with van der Waals surface area (Å²) in [5.41, 5.74) is 0.236. The molecular formula is C22H19FN2O7S. The minimum Gasteiger partial charge on any atom is -0.493 e. The molecule has 0 aromatic heterocycles. The standard InChI is InChI=1S/C22H19FN2O7S/c1-12(21(28)29)32-19-13(6-5-9-16(19)31-2)10-17-20(27)25(22(30)33-17)11-18(26)24-15-8-4-3-7-14(15)23/h3-10,12H,11H2,1-2H3,(H,24,26)(H,28,29)/b17-10-/t12-/m0/s1. The second-order valence-electron chi connectivity index (χ2n) is 6.77. The largest absolute Gasteiger partial charge is 0.493 e. The maximum atomic E-state index is 13.7. The van der Waals surface area contributed by atoms with Gasteiger partial charge in [-0.25, -0.2) is 9.18 Å². The lowest BCUT2D eigenvalue weighted by atomic mass is 10.1. The van der Waals surface area contributed by atoms with E-state index in [-0.39, 0.29) is 22.1 Å². The second-order valence-corrected chi connectivity index (χ2v) is 7.77. The predicted octanol–water partition coefficient (Wildman–Crippen LogP) is 3.36. The normalized spacial score (nSPS) is 15.5. The van der Waals surface area contributed by atoms with Gasteiger partial charge >= 0.3 is 5.97 Å². The van der Waals surface area contributed by atoms with Gasteiger partial charge in [0.1, 0.15) is 12.4 Å². The van der Waals surface area contributed by atoms with Crippen molar-refractivity contribution in [3.63, 3.8) is 0 Å². The molecular weight excluding hydrogens is 455 g/mol. The lowest BCUT2D eigenvalue weighted by molar-refractivity contribution is -0.144. The fourth-order valence-electron chi connectivity index (χ4n) is 2.83. The number of halogens is 1. The Labute approximate surface area is 192 Å². The molecule has 0 spiro atoms. The zero-order chi connectivity index (χ0) is 24.1. The van der Waals surface area contributed by atoms with Crippen molar-refractivity contribution in [2.75, 3.05) is 19.0 Å². The van der Waals surface area contributed by atoms with Crippen LogP contribution in [0.25, 0.3) is 6.08 Å². The van der Waals surface area contributed by atoms with E-state index in [2.05, 4.69) is 5.32 Å². The van der Waals surface area contributed by atoms with Gasteiger partial charge in [-0.05, 0) is 43.0 Å². The number of hydrogen-bond donors (Lipinski definition) is 2. The second kappa shape index (κ2) is 10.2. The average Bonchev–Trinajstić information content (AvgIpc) is 3.03. The summed E-state index contributed by atoms with van der Waals surface area (Å²) in [5, 5.41) is 10.8. The number of hydrogen-bond acceptors (Lipinski definition) is 7. The number of amides is 3. The number of benzene rings is 2. The van der Waals surface area contributed by atoms with E-state index >= 15 is 0 Å².